The number of ether oxygens (including phenoxy) is 1. The molecule has 2 fully saturated rings. The summed E-state index contributed by atoms with van der Waals surface area (Å²) in [5.41, 5.74) is 1.83. The molecule has 4 rings (SSSR count). The van der Waals surface area contributed by atoms with Crippen LogP contribution < -0.4 is 4.90 Å². The summed E-state index contributed by atoms with van der Waals surface area (Å²) in [5, 5.41) is 3.88. The quantitative estimate of drug-likeness (QED) is 0.842. The van der Waals surface area contributed by atoms with Crippen molar-refractivity contribution in [1.82, 2.24) is 15.0 Å². The maximum Gasteiger partial charge on any atom is 0.254 e. The molecule has 0 spiro atoms. The third-order valence-electron chi connectivity index (χ3n) is 5.08. The first-order valence-corrected chi connectivity index (χ1v) is 9.26. The summed E-state index contributed by atoms with van der Waals surface area (Å²) in [6, 6.07) is 7.75. The molecule has 0 aliphatic carbocycles. The highest BCUT2D eigenvalue weighted by molar-refractivity contribution is 5.94. The summed E-state index contributed by atoms with van der Waals surface area (Å²) >= 11 is 0. The molecule has 1 aromatic heterocycles. The van der Waals surface area contributed by atoms with Crippen molar-refractivity contribution in [3.8, 4) is 0 Å². The van der Waals surface area contributed by atoms with Gasteiger partial charge < -0.3 is 19.1 Å². The summed E-state index contributed by atoms with van der Waals surface area (Å²) in [7, 11) is 0. The van der Waals surface area contributed by atoms with E-state index in [9.17, 15) is 4.79 Å². The average molecular weight is 356 g/mol. The minimum absolute atomic E-state index is 0.0269. The Morgan fingerprint density at radius 1 is 1.12 bits per heavy atom. The fourth-order valence-corrected chi connectivity index (χ4v) is 3.68. The summed E-state index contributed by atoms with van der Waals surface area (Å²) in [6.07, 6.45) is 2.92. The van der Waals surface area contributed by atoms with E-state index < -0.39 is 0 Å². The van der Waals surface area contributed by atoms with Gasteiger partial charge in [-0.25, -0.2) is 0 Å². The van der Waals surface area contributed by atoms with Crippen LogP contribution in [0.2, 0.25) is 0 Å². The molecule has 7 heteroatoms. The lowest BCUT2D eigenvalue weighted by Crippen LogP contribution is -2.39. The number of piperidine rings is 1. The van der Waals surface area contributed by atoms with Gasteiger partial charge in [-0.15, -0.1) is 0 Å². The number of hydrogen-bond acceptors (Lipinski definition) is 6. The molecule has 1 unspecified atom stereocenters. The van der Waals surface area contributed by atoms with Gasteiger partial charge in [0.2, 0.25) is 5.89 Å². The number of nitrogens with zero attached hydrogens (tertiary/aromatic N) is 4. The molecule has 0 radical (unpaired) electrons. The summed E-state index contributed by atoms with van der Waals surface area (Å²) in [4.78, 5) is 21.6. The second kappa shape index (κ2) is 7.45. The summed E-state index contributed by atoms with van der Waals surface area (Å²) in [6.45, 7) is 5.79. The Balaban J connectivity index is 1.51. The van der Waals surface area contributed by atoms with Gasteiger partial charge in [-0.05, 0) is 50.5 Å². The SMILES string of the molecule is Cc1noc(C2CCCCN2C(=O)c2ccc(N3CCOCC3)cc2)n1. The van der Waals surface area contributed by atoms with Crippen molar-refractivity contribution >= 4 is 11.6 Å². The number of anilines is 1. The van der Waals surface area contributed by atoms with Crippen molar-refractivity contribution in [3.63, 3.8) is 0 Å². The van der Waals surface area contributed by atoms with Gasteiger partial charge in [0, 0.05) is 30.9 Å². The fraction of sp³-hybridized carbons (Fsp3) is 0.526. The van der Waals surface area contributed by atoms with Gasteiger partial charge in [-0.3, -0.25) is 4.79 Å². The molecule has 3 heterocycles. The summed E-state index contributed by atoms with van der Waals surface area (Å²) < 4.78 is 10.7. The van der Waals surface area contributed by atoms with Crippen molar-refractivity contribution in [3.05, 3.63) is 41.5 Å². The first-order valence-electron chi connectivity index (χ1n) is 9.26. The van der Waals surface area contributed by atoms with Crippen LogP contribution in [0, 0.1) is 6.92 Å². The van der Waals surface area contributed by atoms with Gasteiger partial charge in [0.25, 0.3) is 5.91 Å². The Hall–Kier alpha value is -2.41. The van der Waals surface area contributed by atoms with Crippen LogP contribution in [0.15, 0.2) is 28.8 Å². The van der Waals surface area contributed by atoms with E-state index in [1.54, 1.807) is 6.92 Å². The zero-order chi connectivity index (χ0) is 17.9. The van der Waals surface area contributed by atoms with Crippen molar-refractivity contribution in [2.24, 2.45) is 0 Å². The molecule has 26 heavy (non-hydrogen) atoms. The molecule has 138 valence electrons. The molecular formula is C19H24N4O3. The van der Waals surface area contributed by atoms with Crippen LogP contribution >= 0.6 is 0 Å². The zero-order valence-electron chi connectivity index (χ0n) is 15.1. The maximum absolute atomic E-state index is 13.1. The van der Waals surface area contributed by atoms with Gasteiger partial charge in [0.1, 0.15) is 6.04 Å². The van der Waals surface area contributed by atoms with Gasteiger partial charge in [0.05, 0.1) is 13.2 Å². The smallest absolute Gasteiger partial charge is 0.254 e. The van der Waals surface area contributed by atoms with Crippen LogP contribution in [-0.4, -0.2) is 53.8 Å². The number of likely N-dealkylation sites (tertiary alicyclic amines) is 1. The normalized spacial score (nSPS) is 21.0. The largest absolute Gasteiger partial charge is 0.378 e. The van der Waals surface area contributed by atoms with Crippen LogP contribution in [0.1, 0.15) is 47.4 Å². The van der Waals surface area contributed by atoms with Gasteiger partial charge in [-0.1, -0.05) is 5.16 Å². The lowest BCUT2D eigenvalue weighted by Gasteiger charge is -2.33. The highest BCUT2D eigenvalue weighted by Gasteiger charge is 2.32. The highest BCUT2D eigenvalue weighted by atomic mass is 16.5. The second-order valence-electron chi connectivity index (χ2n) is 6.84. The van der Waals surface area contributed by atoms with Crippen LogP contribution in [0.5, 0.6) is 0 Å². The lowest BCUT2D eigenvalue weighted by molar-refractivity contribution is 0.0561. The zero-order valence-corrected chi connectivity index (χ0v) is 15.1. The van der Waals surface area contributed by atoms with E-state index >= 15 is 0 Å². The van der Waals surface area contributed by atoms with Crippen molar-refractivity contribution in [2.75, 3.05) is 37.7 Å². The highest BCUT2D eigenvalue weighted by Crippen LogP contribution is 2.31. The fourth-order valence-electron chi connectivity index (χ4n) is 3.68. The van der Waals surface area contributed by atoms with Crippen LogP contribution in [0.4, 0.5) is 5.69 Å². The Bertz CT molecular complexity index is 752. The number of hydrogen-bond donors (Lipinski definition) is 0. The number of morpholine rings is 1. The van der Waals surface area contributed by atoms with Crippen LogP contribution in [-0.2, 0) is 4.74 Å². The number of carbonyl (C=O) groups excluding carboxylic acids is 1. The third-order valence-corrected chi connectivity index (χ3v) is 5.08. The molecule has 0 N–H and O–H groups in total. The number of carbonyl (C=O) groups is 1. The van der Waals surface area contributed by atoms with E-state index in [0.717, 1.165) is 57.8 Å². The molecular weight excluding hydrogens is 332 g/mol. The predicted molar refractivity (Wildman–Crippen MR) is 96.1 cm³/mol. The predicted octanol–water partition coefficient (Wildman–Crippen LogP) is 2.58. The molecule has 2 aliphatic heterocycles. The molecule has 2 saturated heterocycles. The van der Waals surface area contributed by atoms with E-state index in [-0.39, 0.29) is 11.9 Å². The molecule has 7 nitrogen and oxygen atoms in total. The Kier molecular flexibility index (Phi) is 4.88. The van der Waals surface area contributed by atoms with E-state index in [1.165, 1.54) is 0 Å². The minimum atomic E-state index is -0.128. The molecule has 2 aromatic rings. The Labute approximate surface area is 152 Å². The van der Waals surface area contributed by atoms with E-state index in [4.69, 9.17) is 9.26 Å². The van der Waals surface area contributed by atoms with Gasteiger partial charge in [0.15, 0.2) is 5.82 Å². The first-order chi connectivity index (χ1) is 12.7. The number of benzene rings is 1. The standard InChI is InChI=1S/C19H24N4O3/c1-14-20-18(26-21-14)17-4-2-3-9-23(17)19(24)15-5-7-16(8-6-15)22-10-12-25-13-11-22/h5-8,17H,2-4,9-13H2,1H3. The Morgan fingerprint density at radius 3 is 2.58 bits per heavy atom. The van der Waals surface area contributed by atoms with Crippen molar-refractivity contribution < 1.29 is 14.1 Å². The van der Waals surface area contributed by atoms with Gasteiger partial charge in [-0.2, -0.15) is 4.98 Å². The average Bonchev–Trinajstić information content (AvgIpc) is 3.14. The number of amides is 1. The Morgan fingerprint density at radius 2 is 1.88 bits per heavy atom. The molecule has 0 bridgehead atoms. The number of aryl methyl sites for hydroxylation is 1. The van der Waals surface area contributed by atoms with E-state index in [1.807, 2.05) is 29.2 Å². The second-order valence-corrected chi connectivity index (χ2v) is 6.84. The molecule has 0 saturated carbocycles. The molecule has 1 atom stereocenters. The van der Waals surface area contributed by atoms with Crippen LogP contribution in [0.3, 0.4) is 0 Å². The van der Waals surface area contributed by atoms with Gasteiger partial charge >= 0.3 is 0 Å². The third kappa shape index (κ3) is 3.44. The number of aromatic nitrogens is 2. The first kappa shape index (κ1) is 17.0. The minimum Gasteiger partial charge on any atom is -0.378 e. The topological polar surface area (TPSA) is 71.7 Å². The van der Waals surface area contributed by atoms with Crippen molar-refractivity contribution in [1.29, 1.82) is 0 Å². The molecule has 2 aliphatic rings. The lowest BCUT2D eigenvalue weighted by atomic mass is 10.0. The molecule has 1 amide bonds. The van der Waals surface area contributed by atoms with E-state index in [2.05, 4.69) is 15.0 Å². The molecule has 1 aromatic carbocycles. The maximum atomic E-state index is 13.1. The van der Waals surface area contributed by atoms with E-state index in [0.29, 0.717) is 17.3 Å². The van der Waals surface area contributed by atoms with Crippen LogP contribution in [0.25, 0.3) is 0 Å². The number of rotatable bonds is 3. The van der Waals surface area contributed by atoms with Crippen molar-refractivity contribution in [2.45, 2.75) is 32.2 Å². The summed E-state index contributed by atoms with van der Waals surface area (Å²) in [5.74, 6) is 1.17. The monoisotopic (exact) mass is 356 g/mol.